The molecular formula is C16H24ClN3O3S. The lowest BCUT2D eigenvalue weighted by Crippen LogP contribution is -2.43. The Labute approximate surface area is 149 Å². The number of hydrogen-bond acceptors (Lipinski definition) is 4. The van der Waals surface area contributed by atoms with Crippen LogP contribution < -0.4 is 14.9 Å². The van der Waals surface area contributed by atoms with Gasteiger partial charge < -0.3 is 10.2 Å². The van der Waals surface area contributed by atoms with E-state index in [2.05, 4.69) is 17.0 Å². The summed E-state index contributed by atoms with van der Waals surface area (Å²) in [5.74, 6) is 0.222. The predicted molar refractivity (Wildman–Crippen MR) is 96.2 cm³/mol. The van der Waals surface area contributed by atoms with Crippen LogP contribution in [0.2, 0.25) is 0 Å². The number of hydrogen-bond donors (Lipinski definition) is 2. The second-order valence-electron chi connectivity index (χ2n) is 6.31. The zero-order valence-electron chi connectivity index (χ0n) is 13.9. The van der Waals surface area contributed by atoms with E-state index in [4.69, 9.17) is 0 Å². The zero-order valence-corrected chi connectivity index (χ0v) is 15.5. The van der Waals surface area contributed by atoms with Gasteiger partial charge in [0.2, 0.25) is 15.9 Å². The van der Waals surface area contributed by atoms with Crippen molar-refractivity contribution in [3.63, 3.8) is 0 Å². The van der Waals surface area contributed by atoms with E-state index in [9.17, 15) is 13.2 Å². The van der Waals surface area contributed by atoms with Gasteiger partial charge in [-0.05, 0) is 63.5 Å². The van der Waals surface area contributed by atoms with Crippen molar-refractivity contribution >= 4 is 34.0 Å². The third-order valence-electron chi connectivity index (χ3n) is 4.76. The first-order chi connectivity index (χ1) is 10.9. The lowest BCUT2D eigenvalue weighted by molar-refractivity contribution is -0.123. The fourth-order valence-electron chi connectivity index (χ4n) is 3.47. The van der Waals surface area contributed by atoms with E-state index in [0.29, 0.717) is 19.0 Å². The average molecular weight is 374 g/mol. The number of carbonyl (C=O) groups excluding carboxylic acids is 1. The van der Waals surface area contributed by atoms with Gasteiger partial charge in [0.15, 0.2) is 0 Å². The quantitative estimate of drug-likeness (QED) is 0.837. The normalized spacial score (nSPS) is 23.5. The van der Waals surface area contributed by atoms with E-state index >= 15 is 0 Å². The maximum absolute atomic E-state index is 12.8. The Hall–Kier alpha value is -1.15. The average Bonchev–Trinajstić information content (AvgIpc) is 2.97. The molecule has 6 nitrogen and oxygen atoms in total. The molecule has 2 aliphatic heterocycles. The Bertz CT molecular complexity index is 723. The number of carbonyl (C=O) groups is 1. The first-order valence-electron chi connectivity index (χ1n) is 8.03. The molecule has 1 amide bonds. The molecule has 1 aromatic carbocycles. The number of rotatable bonds is 3. The summed E-state index contributed by atoms with van der Waals surface area (Å²) in [6.07, 6.45) is 2.42. The summed E-state index contributed by atoms with van der Waals surface area (Å²) in [6.45, 7) is 3.61. The number of nitrogens with zero attached hydrogens (tertiary/aromatic N) is 1. The van der Waals surface area contributed by atoms with Crippen LogP contribution >= 0.6 is 12.4 Å². The Kier molecular flexibility index (Phi) is 5.91. The highest BCUT2D eigenvalue weighted by molar-refractivity contribution is 7.89. The predicted octanol–water partition coefficient (Wildman–Crippen LogP) is 1.29. The number of amides is 1. The molecule has 2 heterocycles. The van der Waals surface area contributed by atoms with Gasteiger partial charge in [-0.1, -0.05) is 0 Å². The number of fused-ring (bicyclic) bond motifs is 1. The molecule has 0 saturated carbocycles. The molecule has 2 N–H and O–H groups in total. The largest absolute Gasteiger partial charge is 0.314 e. The third-order valence-corrected chi connectivity index (χ3v) is 6.18. The van der Waals surface area contributed by atoms with Crippen LogP contribution in [-0.4, -0.2) is 40.5 Å². The molecule has 0 unspecified atom stereocenters. The van der Waals surface area contributed by atoms with Crippen molar-refractivity contribution in [2.75, 3.05) is 25.0 Å². The molecule has 1 aromatic rings. The minimum Gasteiger partial charge on any atom is -0.314 e. The summed E-state index contributed by atoms with van der Waals surface area (Å²) in [7, 11) is -2.05. The van der Waals surface area contributed by atoms with Gasteiger partial charge in [0.25, 0.3) is 0 Å². The molecule has 0 aliphatic carbocycles. The van der Waals surface area contributed by atoms with Crippen LogP contribution in [0.15, 0.2) is 23.1 Å². The zero-order chi connectivity index (χ0) is 16.6. The molecule has 3 rings (SSSR count). The van der Waals surface area contributed by atoms with Crippen molar-refractivity contribution in [3.05, 3.63) is 23.8 Å². The number of nitrogens with one attached hydrogen (secondary N) is 2. The fraction of sp³-hybridized carbons (Fsp3) is 0.562. The highest BCUT2D eigenvalue weighted by Gasteiger charge is 2.33. The van der Waals surface area contributed by atoms with Gasteiger partial charge in [-0.3, -0.25) is 4.79 Å². The number of piperidine rings is 1. The van der Waals surface area contributed by atoms with Gasteiger partial charge in [0.1, 0.15) is 0 Å². The molecule has 2 atom stereocenters. The van der Waals surface area contributed by atoms with E-state index < -0.39 is 10.0 Å². The summed E-state index contributed by atoms with van der Waals surface area (Å²) >= 11 is 0. The van der Waals surface area contributed by atoms with E-state index in [-0.39, 0.29) is 29.1 Å². The third kappa shape index (κ3) is 3.59. The van der Waals surface area contributed by atoms with Crippen molar-refractivity contribution in [1.29, 1.82) is 0 Å². The molecule has 0 spiro atoms. The minimum atomic E-state index is -3.45. The minimum absolute atomic E-state index is 0. The van der Waals surface area contributed by atoms with Crippen LogP contribution in [0, 0.1) is 5.92 Å². The van der Waals surface area contributed by atoms with E-state index in [0.717, 1.165) is 30.6 Å². The SMILES string of the molecule is CNS(=O)(=O)c1ccc2c(c1)CCN2C(=O)[C@H]1CCN[C@@H](C)C1.Cl. The van der Waals surface area contributed by atoms with Crippen molar-refractivity contribution in [2.45, 2.75) is 37.1 Å². The molecule has 24 heavy (non-hydrogen) atoms. The standard InChI is InChI=1S/C16H23N3O3S.ClH/c1-11-9-13(5-7-18-11)16(20)19-8-6-12-10-14(3-4-15(12)19)23(21,22)17-2;/h3-4,10-11,13,17-18H,5-9H2,1-2H3;1H/t11-,13-;/m0./s1. The summed E-state index contributed by atoms with van der Waals surface area (Å²) in [5, 5.41) is 3.36. The monoisotopic (exact) mass is 373 g/mol. The molecule has 1 fully saturated rings. The molecular weight excluding hydrogens is 350 g/mol. The van der Waals surface area contributed by atoms with Crippen LogP contribution in [0.25, 0.3) is 0 Å². The van der Waals surface area contributed by atoms with E-state index in [1.807, 2.05) is 4.90 Å². The van der Waals surface area contributed by atoms with Gasteiger partial charge >= 0.3 is 0 Å². The molecule has 0 aromatic heterocycles. The smallest absolute Gasteiger partial charge is 0.240 e. The van der Waals surface area contributed by atoms with Crippen LogP contribution in [0.4, 0.5) is 5.69 Å². The summed E-state index contributed by atoms with van der Waals surface area (Å²) in [4.78, 5) is 14.9. The lowest BCUT2D eigenvalue weighted by Gasteiger charge is -2.30. The van der Waals surface area contributed by atoms with Crippen LogP contribution in [0.5, 0.6) is 0 Å². The van der Waals surface area contributed by atoms with E-state index in [1.165, 1.54) is 7.05 Å². The summed E-state index contributed by atoms with van der Waals surface area (Å²) in [5.41, 5.74) is 1.79. The van der Waals surface area contributed by atoms with Gasteiger partial charge in [-0.15, -0.1) is 12.4 Å². The molecule has 0 radical (unpaired) electrons. The lowest BCUT2D eigenvalue weighted by atomic mass is 9.92. The van der Waals surface area contributed by atoms with Crippen molar-refractivity contribution in [1.82, 2.24) is 10.0 Å². The van der Waals surface area contributed by atoms with Gasteiger partial charge in [-0.2, -0.15) is 0 Å². The van der Waals surface area contributed by atoms with Gasteiger partial charge in [-0.25, -0.2) is 13.1 Å². The Morgan fingerprint density at radius 1 is 1.38 bits per heavy atom. The Balaban J connectivity index is 0.00000208. The number of benzene rings is 1. The van der Waals surface area contributed by atoms with E-state index in [1.54, 1.807) is 18.2 Å². The first kappa shape index (κ1) is 19.2. The van der Waals surface area contributed by atoms with Crippen molar-refractivity contribution in [3.8, 4) is 0 Å². The highest BCUT2D eigenvalue weighted by Crippen LogP contribution is 2.32. The molecule has 0 bridgehead atoms. The van der Waals surface area contributed by atoms with Gasteiger partial charge in [0.05, 0.1) is 4.90 Å². The number of sulfonamides is 1. The van der Waals surface area contributed by atoms with Crippen LogP contribution in [0.3, 0.4) is 0 Å². The maximum Gasteiger partial charge on any atom is 0.240 e. The molecule has 1 saturated heterocycles. The molecule has 2 aliphatic rings. The second-order valence-corrected chi connectivity index (χ2v) is 8.20. The highest BCUT2D eigenvalue weighted by atomic mass is 35.5. The number of halogens is 1. The first-order valence-corrected chi connectivity index (χ1v) is 9.52. The number of anilines is 1. The summed E-state index contributed by atoms with van der Waals surface area (Å²) in [6, 6.07) is 5.37. The van der Waals surface area contributed by atoms with Gasteiger partial charge in [0, 0.05) is 24.2 Å². The van der Waals surface area contributed by atoms with Crippen molar-refractivity contribution in [2.24, 2.45) is 5.92 Å². The fourth-order valence-corrected chi connectivity index (χ4v) is 4.25. The summed E-state index contributed by atoms with van der Waals surface area (Å²) < 4.78 is 26.1. The van der Waals surface area contributed by atoms with Crippen LogP contribution in [-0.2, 0) is 21.2 Å². The Morgan fingerprint density at radius 3 is 2.79 bits per heavy atom. The second kappa shape index (κ2) is 7.39. The molecule has 8 heteroatoms. The maximum atomic E-state index is 12.8. The molecule has 134 valence electrons. The van der Waals surface area contributed by atoms with Crippen molar-refractivity contribution < 1.29 is 13.2 Å². The topological polar surface area (TPSA) is 78.5 Å². The Morgan fingerprint density at radius 2 is 2.12 bits per heavy atom. The van der Waals surface area contributed by atoms with Crippen LogP contribution in [0.1, 0.15) is 25.3 Å².